The van der Waals surface area contributed by atoms with Crippen LogP contribution in [0.4, 0.5) is 14.5 Å². The third kappa shape index (κ3) is 3.25. The van der Waals surface area contributed by atoms with Gasteiger partial charge in [0.2, 0.25) is 19.9 Å². The minimum Gasteiger partial charge on any atom is -0.289 e. The van der Waals surface area contributed by atoms with Crippen LogP contribution in [-0.4, -0.2) is 28.9 Å². The van der Waals surface area contributed by atoms with Crippen molar-refractivity contribution in [3.63, 3.8) is 0 Å². The number of allylic oxidation sites excluding steroid dienone is 1. The van der Waals surface area contributed by atoms with Crippen molar-refractivity contribution in [3.8, 4) is 0 Å². The molecule has 2 aromatic rings. The maximum absolute atomic E-state index is 14.0. The van der Waals surface area contributed by atoms with Crippen LogP contribution >= 0.6 is 0 Å². The molecule has 0 amide bonds. The van der Waals surface area contributed by atoms with Crippen molar-refractivity contribution < 1.29 is 30.4 Å². The Bertz CT molecular complexity index is 1190. The van der Waals surface area contributed by atoms with E-state index in [1.807, 2.05) is 0 Å². The normalized spacial score (nSPS) is 13.7. The van der Waals surface area contributed by atoms with Crippen LogP contribution in [0.2, 0.25) is 0 Å². The smallest absolute Gasteiger partial charge is 0.229 e. The molecule has 0 saturated carbocycles. The average Bonchev–Trinajstić information content (AvgIpc) is 2.85. The minimum absolute atomic E-state index is 0.0325. The molecule has 2 aromatic carbocycles. The molecule has 10 heteroatoms. The predicted octanol–water partition coefficient (Wildman–Crippen LogP) is 2.38. The fourth-order valence-corrected chi connectivity index (χ4v) is 4.62. The van der Waals surface area contributed by atoms with E-state index in [2.05, 4.69) is 4.72 Å². The van der Waals surface area contributed by atoms with Gasteiger partial charge in [0, 0.05) is 11.6 Å². The van der Waals surface area contributed by atoms with E-state index in [9.17, 15) is 30.4 Å². The Labute approximate surface area is 148 Å². The summed E-state index contributed by atoms with van der Waals surface area (Å²) >= 11 is 0. The molecule has 6 nitrogen and oxygen atoms in total. The van der Waals surface area contributed by atoms with E-state index in [-0.39, 0.29) is 11.3 Å². The molecule has 136 valence electrons. The van der Waals surface area contributed by atoms with Gasteiger partial charge in [0.1, 0.15) is 16.5 Å². The van der Waals surface area contributed by atoms with E-state index in [1.165, 1.54) is 18.2 Å². The maximum Gasteiger partial charge on any atom is 0.229 e. The number of sulfone groups is 1. The van der Waals surface area contributed by atoms with Crippen LogP contribution in [0, 0.1) is 11.6 Å². The highest BCUT2D eigenvalue weighted by atomic mass is 32.2. The number of sulfonamides is 1. The zero-order valence-electron chi connectivity index (χ0n) is 13.2. The molecular weight excluding hydrogens is 388 g/mol. The van der Waals surface area contributed by atoms with Crippen LogP contribution in [-0.2, 0) is 19.9 Å². The van der Waals surface area contributed by atoms with Crippen molar-refractivity contribution in [2.24, 2.45) is 0 Å². The number of ketones is 1. The second-order valence-corrected chi connectivity index (χ2v) is 9.22. The molecule has 26 heavy (non-hydrogen) atoms. The van der Waals surface area contributed by atoms with Gasteiger partial charge in [-0.2, -0.15) is 0 Å². The SMILES string of the molecule is CS(=O)(=O)Nc1cc2c(cc1S(=O)(=O)c1ccc(F)cc1F)C(=O)C=C2. The highest BCUT2D eigenvalue weighted by Crippen LogP contribution is 2.34. The van der Waals surface area contributed by atoms with E-state index in [0.29, 0.717) is 11.6 Å². The molecule has 0 aliphatic heterocycles. The van der Waals surface area contributed by atoms with Crippen molar-refractivity contribution >= 4 is 37.4 Å². The first kappa shape index (κ1) is 18.2. The largest absolute Gasteiger partial charge is 0.289 e. The van der Waals surface area contributed by atoms with Crippen molar-refractivity contribution in [2.45, 2.75) is 9.79 Å². The number of hydrogen-bond acceptors (Lipinski definition) is 5. The van der Waals surface area contributed by atoms with Crippen molar-refractivity contribution in [3.05, 3.63) is 59.2 Å². The summed E-state index contributed by atoms with van der Waals surface area (Å²) in [6, 6.07) is 4.04. The number of benzene rings is 2. The number of carbonyl (C=O) groups excluding carboxylic acids is 1. The standard InChI is InChI=1S/C16H11F2NO5S2/c1-25(21,22)19-13-6-9-2-4-14(20)11(9)8-16(13)26(23,24)15-5-3-10(17)7-12(15)18/h2-8,19H,1H3. The van der Waals surface area contributed by atoms with Gasteiger partial charge in [-0.1, -0.05) is 6.08 Å². The third-order valence-corrected chi connectivity index (χ3v) is 6.02. The van der Waals surface area contributed by atoms with Crippen LogP contribution in [0.25, 0.3) is 6.08 Å². The Morgan fingerprint density at radius 1 is 0.923 bits per heavy atom. The van der Waals surface area contributed by atoms with Gasteiger partial charge in [0.25, 0.3) is 0 Å². The van der Waals surface area contributed by atoms with Gasteiger partial charge < -0.3 is 0 Å². The van der Waals surface area contributed by atoms with Crippen molar-refractivity contribution in [1.82, 2.24) is 0 Å². The van der Waals surface area contributed by atoms with Gasteiger partial charge >= 0.3 is 0 Å². The topological polar surface area (TPSA) is 97.4 Å². The van der Waals surface area contributed by atoms with Crippen LogP contribution in [0.15, 0.2) is 46.2 Å². The molecule has 1 aliphatic carbocycles. The molecule has 0 spiro atoms. The summed E-state index contributed by atoms with van der Waals surface area (Å²) in [5, 5.41) is 0. The van der Waals surface area contributed by atoms with E-state index in [4.69, 9.17) is 0 Å². The van der Waals surface area contributed by atoms with Crippen LogP contribution in [0.5, 0.6) is 0 Å². The maximum atomic E-state index is 14.0. The van der Waals surface area contributed by atoms with Gasteiger partial charge in [-0.15, -0.1) is 0 Å². The summed E-state index contributed by atoms with van der Waals surface area (Å²) in [5.41, 5.74) is 0.0131. The third-order valence-electron chi connectivity index (χ3n) is 3.60. The summed E-state index contributed by atoms with van der Waals surface area (Å²) in [7, 11) is -8.45. The second-order valence-electron chi connectivity index (χ2n) is 5.59. The lowest BCUT2D eigenvalue weighted by Crippen LogP contribution is -2.15. The monoisotopic (exact) mass is 399 g/mol. The van der Waals surface area contributed by atoms with Gasteiger partial charge in [-0.05, 0) is 35.9 Å². The first-order valence-electron chi connectivity index (χ1n) is 7.07. The zero-order valence-corrected chi connectivity index (χ0v) is 14.8. The Balaban J connectivity index is 2.29. The number of nitrogens with one attached hydrogen (secondary N) is 1. The molecule has 0 atom stereocenters. The molecular formula is C16H11F2NO5S2. The fraction of sp³-hybridized carbons (Fsp3) is 0.0625. The van der Waals surface area contributed by atoms with Gasteiger partial charge in [-0.25, -0.2) is 25.6 Å². The van der Waals surface area contributed by atoms with Crippen LogP contribution < -0.4 is 4.72 Å². The molecule has 1 aliphatic rings. The highest BCUT2D eigenvalue weighted by molar-refractivity contribution is 7.93. The number of carbonyl (C=O) groups is 1. The lowest BCUT2D eigenvalue weighted by Gasteiger charge is -2.14. The van der Waals surface area contributed by atoms with Gasteiger partial charge in [0.15, 0.2) is 5.78 Å². The minimum atomic E-state index is -4.58. The summed E-state index contributed by atoms with van der Waals surface area (Å²) in [5.74, 6) is -2.77. The Hall–Kier alpha value is -2.59. The molecule has 0 heterocycles. The number of rotatable bonds is 4. The Morgan fingerprint density at radius 3 is 2.23 bits per heavy atom. The fourth-order valence-electron chi connectivity index (χ4n) is 2.52. The van der Waals surface area contributed by atoms with E-state index < -0.39 is 47.1 Å². The Morgan fingerprint density at radius 2 is 1.62 bits per heavy atom. The molecule has 0 saturated heterocycles. The molecule has 1 N–H and O–H groups in total. The second kappa shape index (κ2) is 5.99. The number of halogens is 2. The molecule has 0 fully saturated rings. The van der Waals surface area contributed by atoms with E-state index in [0.717, 1.165) is 24.5 Å². The number of hydrogen-bond donors (Lipinski definition) is 1. The quantitative estimate of drug-likeness (QED) is 0.796. The molecule has 3 rings (SSSR count). The first-order valence-corrected chi connectivity index (χ1v) is 10.4. The van der Waals surface area contributed by atoms with Crippen molar-refractivity contribution in [1.29, 1.82) is 0 Å². The average molecular weight is 399 g/mol. The lowest BCUT2D eigenvalue weighted by molar-refractivity contribution is 0.105. The zero-order chi connectivity index (χ0) is 19.3. The van der Waals surface area contributed by atoms with E-state index in [1.54, 1.807) is 0 Å². The lowest BCUT2D eigenvalue weighted by atomic mass is 10.1. The van der Waals surface area contributed by atoms with E-state index >= 15 is 0 Å². The highest BCUT2D eigenvalue weighted by Gasteiger charge is 2.29. The van der Waals surface area contributed by atoms with Crippen LogP contribution in [0.3, 0.4) is 0 Å². The molecule has 0 radical (unpaired) electrons. The summed E-state index contributed by atoms with van der Waals surface area (Å²) < 4.78 is 78.0. The summed E-state index contributed by atoms with van der Waals surface area (Å²) in [6.07, 6.45) is 3.42. The molecule has 0 unspecified atom stereocenters. The Kier molecular flexibility index (Phi) is 4.20. The van der Waals surface area contributed by atoms with Crippen LogP contribution in [0.1, 0.15) is 15.9 Å². The molecule has 0 aromatic heterocycles. The molecule has 0 bridgehead atoms. The number of anilines is 1. The number of fused-ring (bicyclic) bond motifs is 1. The first-order chi connectivity index (χ1) is 12.0. The van der Waals surface area contributed by atoms with Gasteiger partial charge in [0.05, 0.1) is 16.8 Å². The van der Waals surface area contributed by atoms with Gasteiger partial charge in [-0.3, -0.25) is 9.52 Å². The summed E-state index contributed by atoms with van der Waals surface area (Å²) in [6.45, 7) is 0. The summed E-state index contributed by atoms with van der Waals surface area (Å²) in [4.78, 5) is 10.4. The van der Waals surface area contributed by atoms with Crippen molar-refractivity contribution in [2.75, 3.05) is 11.0 Å². The predicted molar refractivity (Wildman–Crippen MR) is 90.1 cm³/mol.